The van der Waals surface area contributed by atoms with Crippen LogP contribution in [0.3, 0.4) is 0 Å². The Morgan fingerprint density at radius 2 is 1.88 bits per heavy atom. The number of benzene rings is 1. The Labute approximate surface area is 100 Å². The predicted molar refractivity (Wildman–Crippen MR) is 66.9 cm³/mol. The molecule has 1 aliphatic rings. The molecule has 1 heterocycles. The van der Waals surface area contributed by atoms with E-state index in [4.69, 9.17) is 11.6 Å². The van der Waals surface area contributed by atoms with Crippen molar-refractivity contribution in [2.75, 3.05) is 0 Å². The summed E-state index contributed by atoms with van der Waals surface area (Å²) in [6.07, 6.45) is 6.47. The van der Waals surface area contributed by atoms with Gasteiger partial charge in [0.25, 0.3) is 0 Å². The van der Waals surface area contributed by atoms with E-state index in [9.17, 15) is 0 Å². The van der Waals surface area contributed by atoms with Crippen LogP contribution in [0.1, 0.15) is 38.1 Å². The SMILES string of the molecule is Clc1nn(C2CCCCC2)c2ccccc12. The molecule has 0 atom stereocenters. The van der Waals surface area contributed by atoms with Gasteiger partial charge in [-0.25, -0.2) is 0 Å². The number of rotatable bonds is 1. The fourth-order valence-corrected chi connectivity index (χ4v) is 2.90. The Hall–Kier alpha value is -1.02. The van der Waals surface area contributed by atoms with Crippen molar-refractivity contribution < 1.29 is 0 Å². The molecule has 0 spiro atoms. The maximum absolute atomic E-state index is 6.17. The van der Waals surface area contributed by atoms with Gasteiger partial charge in [0, 0.05) is 5.39 Å². The first-order chi connectivity index (χ1) is 7.86. The average molecular weight is 235 g/mol. The molecule has 1 saturated carbocycles. The summed E-state index contributed by atoms with van der Waals surface area (Å²) in [6, 6.07) is 8.78. The topological polar surface area (TPSA) is 17.8 Å². The molecule has 0 saturated heterocycles. The Morgan fingerprint density at radius 3 is 2.69 bits per heavy atom. The van der Waals surface area contributed by atoms with Gasteiger partial charge in [-0.1, -0.05) is 43.0 Å². The van der Waals surface area contributed by atoms with Gasteiger partial charge in [-0.15, -0.1) is 0 Å². The first kappa shape index (κ1) is 10.2. The number of aromatic nitrogens is 2. The van der Waals surface area contributed by atoms with Crippen LogP contribution in [-0.4, -0.2) is 9.78 Å². The number of fused-ring (bicyclic) bond motifs is 1. The highest BCUT2D eigenvalue weighted by Gasteiger charge is 2.19. The molecule has 1 aliphatic carbocycles. The van der Waals surface area contributed by atoms with Crippen molar-refractivity contribution in [2.45, 2.75) is 38.1 Å². The molecule has 1 aromatic heterocycles. The molecule has 1 fully saturated rings. The fraction of sp³-hybridized carbons (Fsp3) is 0.462. The van der Waals surface area contributed by atoms with Crippen molar-refractivity contribution in [3.8, 4) is 0 Å². The van der Waals surface area contributed by atoms with E-state index < -0.39 is 0 Å². The first-order valence-electron chi connectivity index (χ1n) is 5.99. The third-order valence-electron chi connectivity index (χ3n) is 3.49. The Morgan fingerprint density at radius 1 is 1.12 bits per heavy atom. The zero-order valence-electron chi connectivity index (χ0n) is 9.19. The number of para-hydroxylation sites is 1. The standard InChI is InChI=1S/C13H15ClN2/c14-13-11-8-4-5-9-12(11)16(15-13)10-6-2-1-3-7-10/h4-5,8-10H,1-3,6-7H2. The van der Waals surface area contributed by atoms with Crippen LogP contribution in [0.15, 0.2) is 24.3 Å². The van der Waals surface area contributed by atoms with Crippen molar-refractivity contribution in [2.24, 2.45) is 0 Å². The lowest BCUT2D eigenvalue weighted by molar-refractivity contribution is 0.337. The molecule has 0 bridgehead atoms. The van der Waals surface area contributed by atoms with Crippen LogP contribution in [0.25, 0.3) is 10.9 Å². The number of hydrogen-bond acceptors (Lipinski definition) is 1. The van der Waals surface area contributed by atoms with Gasteiger partial charge in [-0.3, -0.25) is 4.68 Å². The van der Waals surface area contributed by atoms with Crippen molar-refractivity contribution >= 4 is 22.5 Å². The van der Waals surface area contributed by atoms with E-state index in [-0.39, 0.29) is 0 Å². The molecule has 3 heteroatoms. The fourth-order valence-electron chi connectivity index (χ4n) is 2.65. The highest BCUT2D eigenvalue weighted by Crippen LogP contribution is 2.32. The largest absolute Gasteiger partial charge is 0.260 e. The Balaban J connectivity index is 2.08. The predicted octanol–water partition coefficient (Wildman–Crippen LogP) is 4.19. The summed E-state index contributed by atoms with van der Waals surface area (Å²) >= 11 is 6.17. The summed E-state index contributed by atoms with van der Waals surface area (Å²) in [5.74, 6) is 0. The molecule has 84 valence electrons. The second-order valence-corrected chi connectivity index (χ2v) is 4.90. The normalized spacial score (nSPS) is 18.1. The van der Waals surface area contributed by atoms with E-state index in [1.54, 1.807) is 0 Å². The third kappa shape index (κ3) is 1.61. The van der Waals surface area contributed by atoms with Crippen LogP contribution in [0.2, 0.25) is 5.15 Å². The lowest BCUT2D eigenvalue weighted by Crippen LogP contribution is -2.13. The molecule has 2 aromatic rings. The maximum Gasteiger partial charge on any atom is 0.158 e. The molecule has 0 aliphatic heterocycles. The van der Waals surface area contributed by atoms with Crippen molar-refractivity contribution in [3.63, 3.8) is 0 Å². The van der Waals surface area contributed by atoms with Crippen LogP contribution in [0.5, 0.6) is 0 Å². The van der Waals surface area contributed by atoms with E-state index >= 15 is 0 Å². The van der Waals surface area contributed by atoms with Gasteiger partial charge in [-0.05, 0) is 25.0 Å². The number of hydrogen-bond donors (Lipinski definition) is 0. The van der Waals surface area contributed by atoms with Crippen LogP contribution >= 0.6 is 11.6 Å². The van der Waals surface area contributed by atoms with E-state index in [1.165, 1.54) is 37.6 Å². The minimum atomic E-state index is 0.547. The van der Waals surface area contributed by atoms with E-state index in [2.05, 4.69) is 21.9 Å². The minimum absolute atomic E-state index is 0.547. The lowest BCUT2D eigenvalue weighted by Gasteiger charge is -2.22. The second kappa shape index (κ2) is 4.10. The summed E-state index contributed by atoms with van der Waals surface area (Å²) in [7, 11) is 0. The molecule has 0 amide bonds. The average Bonchev–Trinajstić information content (AvgIpc) is 2.69. The van der Waals surface area contributed by atoms with Crippen LogP contribution in [-0.2, 0) is 0 Å². The summed E-state index contributed by atoms with van der Waals surface area (Å²) in [5.41, 5.74) is 1.18. The van der Waals surface area contributed by atoms with Crippen molar-refractivity contribution in [1.82, 2.24) is 9.78 Å². The van der Waals surface area contributed by atoms with Gasteiger partial charge >= 0.3 is 0 Å². The lowest BCUT2D eigenvalue weighted by atomic mass is 9.95. The van der Waals surface area contributed by atoms with Crippen molar-refractivity contribution in [1.29, 1.82) is 0 Å². The van der Waals surface area contributed by atoms with E-state index in [0.717, 1.165) is 5.39 Å². The molecule has 0 radical (unpaired) electrons. The molecular formula is C13H15ClN2. The second-order valence-electron chi connectivity index (χ2n) is 4.54. The van der Waals surface area contributed by atoms with Crippen LogP contribution < -0.4 is 0 Å². The zero-order chi connectivity index (χ0) is 11.0. The van der Waals surface area contributed by atoms with E-state index in [0.29, 0.717) is 11.2 Å². The van der Waals surface area contributed by atoms with E-state index in [1.807, 2.05) is 12.1 Å². The number of nitrogens with zero attached hydrogens (tertiary/aromatic N) is 2. The Kier molecular flexibility index (Phi) is 2.60. The molecule has 0 N–H and O–H groups in total. The molecule has 3 rings (SSSR count). The molecular weight excluding hydrogens is 220 g/mol. The van der Waals surface area contributed by atoms with Gasteiger partial charge in [0.1, 0.15) is 0 Å². The summed E-state index contributed by atoms with van der Waals surface area (Å²) in [6.45, 7) is 0. The van der Waals surface area contributed by atoms with Gasteiger partial charge < -0.3 is 0 Å². The van der Waals surface area contributed by atoms with Gasteiger partial charge in [0.2, 0.25) is 0 Å². The van der Waals surface area contributed by atoms with Gasteiger partial charge in [0.05, 0.1) is 11.6 Å². The zero-order valence-corrected chi connectivity index (χ0v) is 9.95. The van der Waals surface area contributed by atoms with Crippen LogP contribution in [0, 0.1) is 0 Å². The summed E-state index contributed by atoms with van der Waals surface area (Å²) in [4.78, 5) is 0. The quantitative estimate of drug-likeness (QED) is 0.723. The van der Waals surface area contributed by atoms with Crippen molar-refractivity contribution in [3.05, 3.63) is 29.4 Å². The minimum Gasteiger partial charge on any atom is -0.260 e. The summed E-state index contributed by atoms with van der Waals surface area (Å²) in [5, 5.41) is 6.21. The first-order valence-corrected chi connectivity index (χ1v) is 6.37. The maximum atomic E-state index is 6.17. The highest BCUT2D eigenvalue weighted by atomic mass is 35.5. The number of halogens is 1. The highest BCUT2D eigenvalue weighted by molar-refractivity contribution is 6.34. The smallest absolute Gasteiger partial charge is 0.158 e. The molecule has 1 aromatic carbocycles. The molecule has 2 nitrogen and oxygen atoms in total. The molecule has 16 heavy (non-hydrogen) atoms. The summed E-state index contributed by atoms with van der Waals surface area (Å²) < 4.78 is 2.14. The monoisotopic (exact) mass is 234 g/mol. The Bertz CT molecular complexity index is 498. The van der Waals surface area contributed by atoms with Crippen LogP contribution in [0.4, 0.5) is 0 Å². The molecule has 0 unspecified atom stereocenters. The van der Waals surface area contributed by atoms with Gasteiger partial charge in [0.15, 0.2) is 5.15 Å². The third-order valence-corrected chi connectivity index (χ3v) is 3.77. The van der Waals surface area contributed by atoms with Gasteiger partial charge in [-0.2, -0.15) is 5.10 Å².